The molecule has 1 nitrogen and oxygen atoms in total. The zero-order chi connectivity index (χ0) is 14.8. The van der Waals surface area contributed by atoms with Crippen molar-refractivity contribution >= 4 is 11.3 Å². The van der Waals surface area contributed by atoms with Gasteiger partial charge in [-0.2, -0.15) is 24.5 Å². The molecule has 0 aliphatic rings. The van der Waals surface area contributed by atoms with Crippen molar-refractivity contribution in [3.63, 3.8) is 0 Å². The predicted molar refractivity (Wildman–Crippen MR) is 76.0 cm³/mol. The topological polar surface area (TPSA) is 12.0 Å². The molecule has 1 unspecified atom stereocenters. The van der Waals surface area contributed by atoms with Gasteiger partial charge < -0.3 is 5.32 Å². The molecule has 2 rings (SSSR count). The SMILES string of the molecule is CNC(Cc1ccc(C(F)(F)F)cc1)c1cscc1C. The molecule has 1 aromatic carbocycles. The molecule has 0 saturated carbocycles. The summed E-state index contributed by atoms with van der Waals surface area (Å²) in [5, 5.41) is 7.38. The van der Waals surface area contributed by atoms with E-state index in [2.05, 4.69) is 16.1 Å². The third-order valence-corrected chi connectivity index (χ3v) is 4.22. The Morgan fingerprint density at radius 3 is 2.25 bits per heavy atom. The van der Waals surface area contributed by atoms with Gasteiger partial charge in [0.05, 0.1) is 5.56 Å². The molecule has 1 heterocycles. The number of likely N-dealkylation sites (N-methyl/N-ethyl adjacent to an activating group) is 1. The maximum absolute atomic E-state index is 12.5. The monoisotopic (exact) mass is 299 g/mol. The highest BCUT2D eigenvalue weighted by Gasteiger charge is 2.30. The molecule has 1 N–H and O–H groups in total. The average Bonchev–Trinajstić information content (AvgIpc) is 2.82. The second-order valence-electron chi connectivity index (χ2n) is 4.75. The van der Waals surface area contributed by atoms with Crippen LogP contribution in [-0.4, -0.2) is 7.05 Å². The molecule has 0 aliphatic heterocycles. The Hall–Kier alpha value is -1.33. The molecular weight excluding hydrogens is 283 g/mol. The van der Waals surface area contributed by atoms with Crippen molar-refractivity contribution in [1.29, 1.82) is 0 Å². The highest BCUT2D eigenvalue weighted by Crippen LogP contribution is 2.30. The van der Waals surface area contributed by atoms with Crippen molar-refractivity contribution in [2.45, 2.75) is 25.6 Å². The molecule has 0 fully saturated rings. The van der Waals surface area contributed by atoms with Gasteiger partial charge in [0.15, 0.2) is 0 Å². The molecule has 20 heavy (non-hydrogen) atoms. The number of nitrogens with one attached hydrogen (secondary N) is 1. The number of halogens is 3. The molecule has 0 amide bonds. The summed E-state index contributed by atoms with van der Waals surface area (Å²) in [7, 11) is 1.87. The fourth-order valence-electron chi connectivity index (χ4n) is 2.16. The van der Waals surface area contributed by atoms with E-state index in [1.807, 2.05) is 14.0 Å². The van der Waals surface area contributed by atoms with Crippen LogP contribution in [0.3, 0.4) is 0 Å². The Morgan fingerprint density at radius 1 is 1.15 bits per heavy atom. The summed E-state index contributed by atoms with van der Waals surface area (Å²) in [5.74, 6) is 0. The summed E-state index contributed by atoms with van der Waals surface area (Å²) in [6.45, 7) is 2.04. The Kier molecular flexibility index (Phi) is 4.50. The Balaban J connectivity index is 2.15. The van der Waals surface area contributed by atoms with E-state index in [0.29, 0.717) is 6.42 Å². The average molecular weight is 299 g/mol. The van der Waals surface area contributed by atoms with Crippen LogP contribution >= 0.6 is 11.3 Å². The molecule has 5 heteroatoms. The lowest BCUT2D eigenvalue weighted by atomic mass is 9.98. The van der Waals surface area contributed by atoms with Gasteiger partial charge in [0, 0.05) is 6.04 Å². The summed E-state index contributed by atoms with van der Waals surface area (Å²) in [5.41, 5.74) is 2.70. The smallest absolute Gasteiger partial charge is 0.313 e. The highest BCUT2D eigenvalue weighted by molar-refractivity contribution is 7.08. The number of benzene rings is 1. The van der Waals surface area contributed by atoms with Gasteiger partial charge in [-0.3, -0.25) is 0 Å². The van der Waals surface area contributed by atoms with Gasteiger partial charge in [-0.05, 0) is 60.0 Å². The van der Waals surface area contributed by atoms with E-state index in [-0.39, 0.29) is 6.04 Å². The second-order valence-corrected chi connectivity index (χ2v) is 5.49. The van der Waals surface area contributed by atoms with Crippen LogP contribution in [-0.2, 0) is 12.6 Å². The summed E-state index contributed by atoms with van der Waals surface area (Å²) in [4.78, 5) is 0. The third-order valence-electron chi connectivity index (χ3n) is 3.34. The maximum atomic E-state index is 12.5. The first-order valence-electron chi connectivity index (χ1n) is 6.28. The van der Waals surface area contributed by atoms with Crippen LogP contribution in [0.5, 0.6) is 0 Å². The minimum Gasteiger partial charge on any atom is -0.313 e. The van der Waals surface area contributed by atoms with Crippen molar-refractivity contribution in [2.75, 3.05) is 7.05 Å². The van der Waals surface area contributed by atoms with Crippen molar-refractivity contribution in [3.8, 4) is 0 Å². The predicted octanol–water partition coefficient (Wildman–Crippen LogP) is 4.58. The van der Waals surface area contributed by atoms with Crippen molar-refractivity contribution < 1.29 is 13.2 Å². The first-order valence-corrected chi connectivity index (χ1v) is 7.22. The number of hydrogen-bond acceptors (Lipinski definition) is 2. The molecule has 1 atom stereocenters. The number of rotatable bonds is 4. The van der Waals surface area contributed by atoms with E-state index in [1.54, 1.807) is 23.5 Å². The number of alkyl halides is 3. The molecule has 0 bridgehead atoms. The van der Waals surface area contributed by atoms with Crippen LogP contribution in [0.4, 0.5) is 13.2 Å². The molecular formula is C15H16F3NS. The standard InChI is InChI=1S/C15H16F3NS/c1-10-8-20-9-13(10)14(19-2)7-11-3-5-12(6-4-11)15(16,17)18/h3-6,8-9,14,19H,7H2,1-2H3. The Labute approximate surface area is 120 Å². The first-order chi connectivity index (χ1) is 9.41. The summed E-state index contributed by atoms with van der Waals surface area (Å²) >= 11 is 1.64. The van der Waals surface area contributed by atoms with E-state index in [1.165, 1.54) is 11.1 Å². The fraction of sp³-hybridized carbons (Fsp3) is 0.333. The highest BCUT2D eigenvalue weighted by atomic mass is 32.1. The molecule has 108 valence electrons. The van der Waals surface area contributed by atoms with E-state index in [4.69, 9.17) is 0 Å². The van der Waals surface area contributed by atoms with Gasteiger partial charge in [0.2, 0.25) is 0 Å². The summed E-state index contributed by atoms with van der Waals surface area (Å²) < 4.78 is 37.5. The van der Waals surface area contributed by atoms with Crippen LogP contribution in [0.15, 0.2) is 35.0 Å². The van der Waals surface area contributed by atoms with Crippen LogP contribution in [0.25, 0.3) is 0 Å². The van der Waals surface area contributed by atoms with E-state index >= 15 is 0 Å². The Morgan fingerprint density at radius 2 is 1.80 bits per heavy atom. The molecule has 1 aromatic heterocycles. The number of thiophene rings is 1. The zero-order valence-corrected chi connectivity index (χ0v) is 12.1. The fourth-order valence-corrected chi connectivity index (χ4v) is 3.07. The quantitative estimate of drug-likeness (QED) is 0.871. The van der Waals surface area contributed by atoms with E-state index in [0.717, 1.165) is 17.7 Å². The Bertz CT molecular complexity index is 557. The molecule has 0 aliphatic carbocycles. The number of aryl methyl sites for hydroxylation is 1. The zero-order valence-electron chi connectivity index (χ0n) is 11.3. The maximum Gasteiger partial charge on any atom is 0.416 e. The van der Waals surface area contributed by atoms with Crippen molar-refractivity contribution in [3.05, 3.63) is 57.3 Å². The normalized spacial score (nSPS) is 13.4. The molecule has 0 saturated heterocycles. The minimum absolute atomic E-state index is 0.123. The second kappa shape index (κ2) is 5.97. The van der Waals surface area contributed by atoms with Crippen LogP contribution in [0.1, 0.15) is 28.3 Å². The number of hydrogen-bond donors (Lipinski definition) is 1. The van der Waals surface area contributed by atoms with Crippen LogP contribution in [0.2, 0.25) is 0 Å². The van der Waals surface area contributed by atoms with Gasteiger partial charge in [-0.1, -0.05) is 12.1 Å². The van der Waals surface area contributed by atoms with Gasteiger partial charge in [-0.15, -0.1) is 0 Å². The van der Waals surface area contributed by atoms with Gasteiger partial charge in [0.1, 0.15) is 0 Å². The van der Waals surface area contributed by atoms with E-state index in [9.17, 15) is 13.2 Å². The lowest BCUT2D eigenvalue weighted by Gasteiger charge is -2.17. The molecule has 2 aromatic rings. The minimum atomic E-state index is -4.27. The van der Waals surface area contributed by atoms with Crippen molar-refractivity contribution in [2.24, 2.45) is 0 Å². The van der Waals surface area contributed by atoms with E-state index < -0.39 is 11.7 Å². The van der Waals surface area contributed by atoms with Gasteiger partial charge >= 0.3 is 6.18 Å². The van der Waals surface area contributed by atoms with Crippen LogP contribution in [0, 0.1) is 6.92 Å². The lowest BCUT2D eigenvalue weighted by molar-refractivity contribution is -0.137. The molecule has 0 radical (unpaired) electrons. The third kappa shape index (κ3) is 3.41. The van der Waals surface area contributed by atoms with Gasteiger partial charge in [0.25, 0.3) is 0 Å². The summed E-state index contributed by atoms with van der Waals surface area (Å²) in [6, 6.07) is 5.51. The van der Waals surface area contributed by atoms with Gasteiger partial charge in [-0.25, -0.2) is 0 Å². The largest absolute Gasteiger partial charge is 0.416 e. The van der Waals surface area contributed by atoms with Crippen LogP contribution < -0.4 is 5.32 Å². The van der Waals surface area contributed by atoms with Crippen molar-refractivity contribution in [1.82, 2.24) is 5.32 Å². The first kappa shape index (κ1) is 15.1. The molecule has 0 spiro atoms. The lowest BCUT2D eigenvalue weighted by Crippen LogP contribution is -2.19. The summed E-state index contributed by atoms with van der Waals surface area (Å²) in [6.07, 6.45) is -3.60.